The minimum Gasteiger partial charge on any atom is -0.348 e. The Bertz CT molecular complexity index is 1010. The number of carbonyl (C=O) groups is 1. The van der Waals surface area contributed by atoms with Crippen LogP contribution in [-0.2, 0) is 0 Å². The number of aromatic nitrogens is 2. The fourth-order valence-electron chi connectivity index (χ4n) is 2.52. The van der Waals surface area contributed by atoms with Crippen LogP contribution >= 0.6 is 27.5 Å². The summed E-state index contributed by atoms with van der Waals surface area (Å²) < 4.78 is 2.70. The van der Waals surface area contributed by atoms with E-state index >= 15 is 0 Å². The minimum atomic E-state index is -0.479. The van der Waals surface area contributed by atoms with Gasteiger partial charge in [0.2, 0.25) is 5.95 Å². The van der Waals surface area contributed by atoms with Gasteiger partial charge in [0.05, 0.1) is 11.9 Å². The van der Waals surface area contributed by atoms with Gasteiger partial charge in [0.15, 0.2) is 5.69 Å². The van der Waals surface area contributed by atoms with E-state index in [1.54, 1.807) is 15.7 Å². The molecular weight excluding hydrogens is 442 g/mol. The second-order valence-corrected chi connectivity index (χ2v) is 7.64. The molecule has 2 aromatic carbocycles. The Hall–Kier alpha value is -2.64. The van der Waals surface area contributed by atoms with Crippen molar-refractivity contribution in [1.82, 2.24) is 15.0 Å². The van der Waals surface area contributed by atoms with Crippen LogP contribution < -0.4 is 10.3 Å². The molecule has 6 nitrogen and oxygen atoms in total. The number of rotatable bonds is 5. The van der Waals surface area contributed by atoms with E-state index in [0.29, 0.717) is 5.95 Å². The highest BCUT2D eigenvalue weighted by molar-refractivity contribution is 9.10. The molecule has 0 aliphatic carbocycles. The van der Waals surface area contributed by atoms with Crippen LogP contribution in [0.2, 0.25) is 5.15 Å². The molecule has 0 aliphatic heterocycles. The molecule has 144 valence electrons. The lowest BCUT2D eigenvalue weighted by atomic mass is 10.2. The molecule has 0 unspecified atom stereocenters. The summed E-state index contributed by atoms with van der Waals surface area (Å²) in [6.07, 6.45) is 1.56. The first-order valence-corrected chi connectivity index (χ1v) is 9.65. The smallest absolute Gasteiger partial charge is 0.293 e. The van der Waals surface area contributed by atoms with Crippen molar-refractivity contribution in [3.63, 3.8) is 0 Å². The predicted molar refractivity (Wildman–Crippen MR) is 117 cm³/mol. The first kappa shape index (κ1) is 20.1. The van der Waals surface area contributed by atoms with E-state index in [9.17, 15) is 4.79 Å². The normalized spacial score (nSPS) is 11.0. The van der Waals surface area contributed by atoms with Gasteiger partial charge in [-0.05, 0) is 36.8 Å². The summed E-state index contributed by atoms with van der Waals surface area (Å²) in [7, 11) is 3.69. The van der Waals surface area contributed by atoms with Gasteiger partial charge >= 0.3 is 0 Å². The van der Waals surface area contributed by atoms with Crippen molar-refractivity contribution in [2.24, 2.45) is 5.10 Å². The van der Waals surface area contributed by atoms with E-state index in [-0.39, 0.29) is 10.8 Å². The third-order valence-corrected chi connectivity index (χ3v) is 4.84. The maximum Gasteiger partial charge on any atom is 0.293 e. The maximum absolute atomic E-state index is 12.6. The van der Waals surface area contributed by atoms with E-state index in [1.807, 2.05) is 69.6 Å². The first-order chi connectivity index (χ1) is 13.4. The zero-order valence-electron chi connectivity index (χ0n) is 15.6. The van der Waals surface area contributed by atoms with Crippen molar-refractivity contribution < 1.29 is 4.79 Å². The topological polar surface area (TPSA) is 62.5 Å². The molecule has 1 heterocycles. The molecule has 28 heavy (non-hydrogen) atoms. The van der Waals surface area contributed by atoms with Gasteiger partial charge in [0.25, 0.3) is 5.91 Å². The molecule has 0 saturated heterocycles. The highest BCUT2D eigenvalue weighted by Crippen LogP contribution is 2.28. The summed E-state index contributed by atoms with van der Waals surface area (Å²) in [6.45, 7) is 2.01. The molecule has 0 saturated carbocycles. The van der Waals surface area contributed by atoms with E-state index < -0.39 is 5.91 Å². The lowest BCUT2D eigenvalue weighted by Crippen LogP contribution is -2.19. The number of hydrogen-bond donors (Lipinski definition) is 1. The highest BCUT2D eigenvalue weighted by Gasteiger charge is 2.23. The van der Waals surface area contributed by atoms with Gasteiger partial charge in [-0.15, -0.1) is 0 Å². The van der Waals surface area contributed by atoms with Crippen LogP contribution in [0.3, 0.4) is 0 Å². The van der Waals surface area contributed by atoms with Gasteiger partial charge in [-0.1, -0.05) is 57.4 Å². The number of amides is 1. The fraction of sp³-hybridized carbons (Fsp3) is 0.150. The summed E-state index contributed by atoms with van der Waals surface area (Å²) in [4.78, 5) is 18.8. The molecule has 0 fully saturated rings. The Morgan fingerprint density at radius 1 is 1.18 bits per heavy atom. The summed E-state index contributed by atoms with van der Waals surface area (Å²) in [5, 5.41) is 4.22. The van der Waals surface area contributed by atoms with Crippen LogP contribution in [-0.4, -0.2) is 35.8 Å². The Kier molecular flexibility index (Phi) is 6.16. The van der Waals surface area contributed by atoms with Crippen LogP contribution in [0.5, 0.6) is 0 Å². The van der Waals surface area contributed by atoms with Crippen LogP contribution in [0.25, 0.3) is 5.69 Å². The molecule has 0 spiro atoms. The monoisotopic (exact) mass is 459 g/mol. The minimum absolute atomic E-state index is 0.110. The summed E-state index contributed by atoms with van der Waals surface area (Å²) in [5.41, 5.74) is 5.40. The van der Waals surface area contributed by atoms with Crippen molar-refractivity contribution in [3.8, 4) is 5.69 Å². The molecular formula is C20H19BrClN5O. The van der Waals surface area contributed by atoms with Gasteiger partial charge in [-0.25, -0.2) is 10.4 Å². The number of benzene rings is 2. The number of aryl methyl sites for hydroxylation is 1. The van der Waals surface area contributed by atoms with Gasteiger partial charge in [0, 0.05) is 18.6 Å². The van der Waals surface area contributed by atoms with Crippen LogP contribution in [0.1, 0.15) is 21.6 Å². The molecule has 3 rings (SSSR count). The Morgan fingerprint density at radius 2 is 1.82 bits per heavy atom. The van der Waals surface area contributed by atoms with Crippen LogP contribution in [0.15, 0.2) is 58.1 Å². The predicted octanol–water partition coefficient (Wildman–Crippen LogP) is 4.43. The molecule has 1 amide bonds. The number of hydrazone groups is 1. The Labute approximate surface area is 177 Å². The van der Waals surface area contributed by atoms with Crippen molar-refractivity contribution in [1.29, 1.82) is 0 Å². The SMILES string of the molecule is Cc1ccc(-n2c(N(C)C)nc(C(=O)N/N=C/c3ccc(Br)cc3)c2Cl)cc1. The second kappa shape index (κ2) is 8.58. The maximum atomic E-state index is 12.6. The molecule has 0 aliphatic rings. The number of anilines is 1. The average Bonchev–Trinajstić information content (AvgIpc) is 3.01. The Morgan fingerprint density at radius 3 is 2.43 bits per heavy atom. The van der Waals surface area contributed by atoms with Crippen molar-refractivity contribution in [3.05, 3.63) is 75.0 Å². The number of imidazole rings is 1. The zero-order valence-corrected chi connectivity index (χ0v) is 18.0. The molecule has 1 aromatic heterocycles. The quantitative estimate of drug-likeness (QED) is 0.453. The highest BCUT2D eigenvalue weighted by atomic mass is 79.9. The average molecular weight is 461 g/mol. The van der Waals surface area contributed by atoms with Gasteiger partial charge in [0.1, 0.15) is 5.15 Å². The summed E-state index contributed by atoms with van der Waals surface area (Å²) in [5.74, 6) is 0.0724. The van der Waals surface area contributed by atoms with E-state index in [2.05, 4.69) is 31.4 Å². The number of hydrogen-bond acceptors (Lipinski definition) is 4. The standard InChI is InChI=1S/C20H19BrClN5O/c1-13-4-10-16(11-5-13)27-18(22)17(24-20(27)26(2)3)19(28)25-23-12-14-6-8-15(21)9-7-14/h4-12H,1-3H3,(H,25,28)/b23-12+. The van der Waals surface area contributed by atoms with E-state index in [0.717, 1.165) is 21.3 Å². The van der Waals surface area contributed by atoms with Crippen molar-refractivity contribution >= 4 is 45.6 Å². The largest absolute Gasteiger partial charge is 0.348 e. The van der Waals surface area contributed by atoms with Crippen LogP contribution in [0.4, 0.5) is 5.95 Å². The third kappa shape index (κ3) is 4.43. The van der Waals surface area contributed by atoms with Gasteiger partial charge in [-0.2, -0.15) is 5.10 Å². The summed E-state index contributed by atoms with van der Waals surface area (Å²) >= 11 is 9.89. The summed E-state index contributed by atoms with van der Waals surface area (Å²) in [6, 6.07) is 15.4. The number of nitrogens with zero attached hydrogens (tertiary/aromatic N) is 4. The van der Waals surface area contributed by atoms with Crippen LogP contribution in [0, 0.1) is 6.92 Å². The Balaban J connectivity index is 1.87. The lowest BCUT2D eigenvalue weighted by molar-refractivity contribution is 0.0951. The lowest BCUT2D eigenvalue weighted by Gasteiger charge is -2.15. The van der Waals surface area contributed by atoms with E-state index in [4.69, 9.17) is 11.6 Å². The van der Waals surface area contributed by atoms with Crippen molar-refractivity contribution in [2.45, 2.75) is 6.92 Å². The van der Waals surface area contributed by atoms with Gasteiger partial charge < -0.3 is 4.90 Å². The molecule has 1 N–H and O–H groups in total. The molecule has 0 bridgehead atoms. The number of halogens is 2. The number of carbonyl (C=O) groups excluding carboxylic acids is 1. The first-order valence-electron chi connectivity index (χ1n) is 8.48. The molecule has 0 radical (unpaired) electrons. The zero-order chi connectivity index (χ0) is 20.3. The molecule has 3 aromatic rings. The molecule has 0 atom stereocenters. The van der Waals surface area contributed by atoms with Gasteiger partial charge in [-0.3, -0.25) is 9.36 Å². The van der Waals surface area contributed by atoms with E-state index in [1.165, 1.54) is 0 Å². The fourth-order valence-corrected chi connectivity index (χ4v) is 3.09. The number of nitrogens with one attached hydrogen (secondary N) is 1. The molecule has 8 heteroatoms. The van der Waals surface area contributed by atoms with Crippen molar-refractivity contribution in [2.75, 3.05) is 19.0 Å². The third-order valence-electron chi connectivity index (χ3n) is 3.96. The second-order valence-electron chi connectivity index (χ2n) is 6.37.